The largest absolute Gasteiger partial charge is 0.397 e. The Morgan fingerprint density at radius 1 is 1.29 bits per heavy atom. The van der Waals surface area contributed by atoms with Crippen molar-refractivity contribution in [2.45, 2.75) is 6.92 Å². The van der Waals surface area contributed by atoms with Crippen molar-refractivity contribution >= 4 is 34.6 Å². The number of hydrogen-bond acceptors (Lipinski definition) is 3. The van der Waals surface area contributed by atoms with E-state index in [2.05, 4.69) is 5.10 Å². The lowest BCUT2D eigenvalue weighted by Crippen LogP contribution is -2.06. The van der Waals surface area contributed by atoms with Crippen molar-refractivity contribution in [1.82, 2.24) is 9.78 Å². The summed E-state index contributed by atoms with van der Waals surface area (Å²) < 4.78 is 15.2. The monoisotopic (exact) mass is 274 g/mol. The van der Waals surface area contributed by atoms with Crippen LogP contribution in [0.25, 0.3) is 5.69 Å². The lowest BCUT2D eigenvalue weighted by molar-refractivity contribution is 0.612. The summed E-state index contributed by atoms with van der Waals surface area (Å²) in [6, 6.07) is 1.38. The molecule has 4 N–H and O–H groups in total. The van der Waals surface area contributed by atoms with Crippen LogP contribution in [0.15, 0.2) is 12.3 Å². The smallest absolute Gasteiger partial charge is 0.171 e. The zero-order valence-corrected chi connectivity index (χ0v) is 10.3. The van der Waals surface area contributed by atoms with E-state index in [0.29, 0.717) is 10.7 Å². The van der Waals surface area contributed by atoms with Crippen molar-refractivity contribution < 1.29 is 4.39 Å². The first-order valence-electron chi connectivity index (χ1n) is 4.67. The molecule has 17 heavy (non-hydrogen) atoms. The molecule has 0 aliphatic carbocycles. The number of aryl methyl sites for hydroxylation is 1. The average Bonchev–Trinajstić information content (AvgIpc) is 2.56. The molecule has 1 aromatic heterocycles. The van der Waals surface area contributed by atoms with Crippen LogP contribution in [-0.2, 0) is 0 Å². The number of hydrogen-bond donors (Lipinski definition) is 2. The molecular formula is C10H9Cl2FN4. The second-order valence-electron chi connectivity index (χ2n) is 3.54. The molecule has 90 valence electrons. The lowest BCUT2D eigenvalue weighted by Gasteiger charge is -2.10. The van der Waals surface area contributed by atoms with Gasteiger partial charge in [0.15, 0.2) is 5.82 Å². The Morgan fingerprint density at radius 3 is 2.47 bits per heavy atom. The predicted molar refractivity (Wildman–Crippen MR) is 67.1 cm³/mol. The van der Waals surface area contributed by atoms with Gasteiger partial charge in [-0.2, -0.15) is 5.10 Å². The highest BCUT2D eigenvalue weighted by atomic mass is 35.5. The molecule has 0 spiro atoms. The average molecular weight is 275 g/mol. The van der Waals surface area contributed by atoms with Crippen molar-refractivity contribution in [3.63, 3.8) is 0 Å². The number of nitrogens with two attached hydrogens (primary N) is 2. The first-order valence-corrected chi connectivity index (χ1v) is 5.42. The highest BCUT2D eigenvalue weighted by Crippen LogP contribution is 2.32. The molecule has 1 heterocycles. The molecule has 2 rings (SSSR count). The summed E-state index contributed by atoms with van der Waals surface area (Å²) in [5.41, 5.74) is 12.0. The molecule has 0 aliphatic heterocycles. The molecule has 0 bridgehead atoms. The SMILES string of the molecule is Cc1nn(-c2c(N)cc(N)c(Cl)c2F)cc1Cl. The molecule has 7 heteroatoms. The Hall–Kier alpha value is -1.46. The van der Waals surface area contributed by atoms with Gasteiger partial charge in [0.05, 0.1) is 22.1 Å². The fourth-order valence-electron chi connectivity index (χ4n) is 1.44. The predicted octanol–water partition coefficient (Wildman–Crippen LogP) is 2.79. The molecule has 0 fully saturated rings. The van der Waals surface area contributed by atoms with Crippen molar-refractivity contribution in [3.05, 3.63) is 33.8 Å². The Bertz CT molecular complexity index is 575. The van der Waals surface area contributed by atoms with Crippen LogP contribution in [-0.4, -0.2) is 9.78 Å². The molecule has 0 atom stereocenters. The molecule has 0 radical (unpaired) electrons. The molecule has 0 aliphatic rings. The number of aromatic nitrogens is 2. The van der Waals surface area contributed by atoms with E-state index in [9.17, 15) is 4.39 Å². The molecule has 0 amide bonds. The Balaban J connectivity index is 2.71. The highest BCUT2D eigenvalue weighted by Gasteiger charge is 2.17. The fourth-order valence-corrected chi connectivity index (χ4v) is 1.72. The quantitative estimate of drug-likeness (QED) is 0.786. The molecule has 0 saturated heterocycles. The topological polar surface area (TPSA) is 69.9 Å². The Labute approximate surface area is 107 Å². The van der Waals surface area contributed by atoms with E-state index >= 15 is 0 Å². The number of rotatable bonds is 1. The van der Waals surface area contributed by atoms with Crippen LogP contribution < -0.4 is 11.5 Å². The molecule has 4 nitrogen and oxygen atoms in total. The van der Waals surface area contributed by atoms with E-state index in [1.807, 2.05) is 0 Å². The van der Waals surface area contributed by atoms with Crippen molar-refractivity contribution in [2.75, 3.05) is 11.5 Å². The third-order valence-electron chi connectivity index (χ3n) is 2.31. The number of nitrogens with zero attached hydrogens (tertiary/aromatic N) is 2. The summed E-state index contributed by atoms with van der Waals surface area (Å²) in [6.07, 6.45) is 1.46. The van der Waals surface area contributed by atoms with Crippen LogP contribution >= 0.6 is 23.2 Å². The van der Waals surface area contributed by atoms with Crippen LogP contribution in [0.2, 0.25) is 10.0 Å². The molecule has 0 unspecified atom stereocenters. The third-order valence-corrected chi connectivity index (χ3v) is 3.06. The van der Waals surface area contributed by atoms with Gasteiger partial charge in [0.25, 0.3) is 0 Å². The number of nitrogen functional groups attached to an aromatic ring is 2. The Morgan fingerprint density at radius 2 is 1.94 bits per heavy atom. The van der Waals surface area contributed by atoms with Gasteiger partial charge < -0.3 is 11.5 Å². The first-order chi connectivity index (χ1) is 7.91. The van der Waals surface area contributed by atoms with Crippen LogP contribution in [0.4, 0.5) is 15.8 Å². The van der Waals surface area contributed by atoms with E-state index in [1.165, 1.54) is 16.9 Å². The number of halogens is 3. The fraction of sp³-hybridized carbons (Fsp3) is 0.100. The van der Waals surface area contributed by atoms with E-state index in [4.69, 9.17) is 34.7 Å². The highest BCUT2D eigenvalue weighted by molar-refractivity contribution is 6.33. The third kappa shape index (κ3) is 1.92. The van der Waals surface area contributed by atoms with E-state index in [-0.39, 0.29) is 22.1 Å². The van der Waals surface area contributed by atoms with Crippen LogP contribution in [0.3, 0.4) is 0 Å². The van der Waals surface area contributed by atoms with Crippen LogP contribution in [0, 0.1) is 12.7 Å². The standard InChI is InChI=1S/C10H9Cl2FN4/c1-4-5(11)3-17(16-4)10-7(15)2-6(14)8(12)9(10)13/h2-3H,14-15H2,1H3. The van der Waals surface area contributed by atoms with Gasteiger partial charge in [0.1, 0.15) is 10.7 Å². The minimum absolute atomic E-state index is 0.0409. The zero-order chi connectivity index (χ0) is 12.7. The minimum atomic E-state index is -0.719. The lowest BCUT2D eigenvalue weighted by atomic mass is 10.2. The van der Waals surface area contributed by atoms with E-state index in [1.54, 1.807) is 6.92 Å². The van der Waals surface area contributed by atoms with Crippen LogP contribution in [0.1, 0.15) is 5.69 Å². The number of benzene rings is 1. The summed E-state index contributed by atoms with van der Waals surface area (Å²) in [5.74, 6) is -0.719. The maximum atomic E-state index is 14.0. The first kappa shape index (κ1) is 12.0. The van der Waals surface area contributed by atoms with E-state index < -0.39 is 5.82 Å². The van der Waals surface area contributed by atoms with Gasteiger partial charge in [0.2, 0.25) is 0 Å². The van der Waals surface area contributed by atoms with E-state index in [0.717, 1.165) is 0 Å². The summed E-state index contributed by atoms with van der Waals surface area (Å²) in [6.45, 7) is 1.70. The van der Waals surface area contributed by atoms with Crippen molar-refractivity contribution in [2.24, 2.45) is 0 Å². The van der Waals surface area contributed by atoms with Crippen molar-refractivity contribution in [3.8, 4) is 5.69 Å². The van der Waals surface area contributed by atoms with Gasteiger partial charge in [-0.25, -0.2) is 9.07 Å². The summed E-state index contributed by atoms with van der Waals surface area (Å²) in [7, 11) is 0. The van der Waals surface area contributed by atoms with Gasteiger partial charge >= 0.3 is 0 Å². The van der Waals surface area contributed by atoms with Gasteiger partial charge in [-0.3, -0.25) is 0 Å². The van der Waals surface area contributed by atoms with Gasteiger partial charge in [-0.15, -0.1) is 0 Å². The van der Waals surface area contributed by atoms with Gasteiger partial charge in [-0.1, -0.05) is 23.2 Å². The molecule has 2 aromatic rings. The molecular weight excluding hydrogens is 266 g/mol. The maximum Gasteiger partial charge on any atom is 0.171 e. The second kappa shape index (κ2) is 4.09. The second-order valence-corrected chi connectivity index (χ2v) is 4.32. The number of anilines is 2. The Kier molecular flexibility index (Phi) is 2.89. The van der Waals surface area contributed by atoms with Crippen LogP contribution in [0.5, 0.6) is 0 Å². The minimum Gasteiger partial charge on any atom is -0.397 e. The summed E-state index contributed by atoms with van der Waals surface area (Å²) in [4.78, 5) is 0. The van der Waals surface area contributed by atoms with Gasteiger partial charge in [-0.05, 0) is 13.0 Å². The molecule has 1 aromatic carbocycles. The summed E-state index contributed by atoms with van der Waals surface area (Å²) in [5, 5.41) is 4.27. The molecule has 0 saturated carbocycles. The van der Waals surface area contributed by atoms with Crippen molar-refractivity contribution in [1.29, 1.82) is 0 Å². The normalized spacial score (nSPS) is 10.8. The summed E-state index contributed by atoms with van der Waals surface area (Å²) >= 11 is 11.6. The van der Waals surface area contributed by atoms with Gasteiger partial charge in [0, 0.05) is 6.20 Å². The zero-order valence-electron chi connectivity index (χ0n) is 8.84. The maximum absolute atomic E-state index is 14.0.